The molecule has 2 rings (SSSR count). The molecule has 1 amide bonds. The second kappa shape index (κ2) is 6.70. The van der Waals surface area contributed by atoms with Crippen molar-refractivity contribution in [1.29, 1.82) is 0 Å². The van der Waals surface area contributed by atoms with Crippen molar-refractivity contribution >= 4 is 11.6 Å². The lowest BCUT2D eigenvalue weighted by atomic mass is 9.82. The molecule has 20 heavy (non-hydrogen) atoms. The summed E-state index contributed by atoms with van der Waals surface area (Å²) in [5.74, 6) is 0.403. The molecule has 0 aromatic carbocycles. The molecule has 1 aromatic heterocycles. The van der Waals surface area contributed by atoms with Gasteiger partial charge in [0.15, 0.2) is 0 Å². The van der Waals surface area contributed by atoms with Gasteiger partial charge in [0.1, 0.15) is 0 Å². The Morgan fingerprint density at radius 1 is 1.55 bits per heavy atom. The van der Waals surface area contributed by atoms with Gasteiger partial charge >= 0.3 is 0 Å². The molecule has 0 bridgehead atoms. The molecule has 5 heteroatoms. The zero-order chi connectivity index (χ0) is 14.5. The number of aliphatic hydroxyl groups is 1. The Morgan fingerprint density at radius 3 is 2.95 bits per heavy atom. The smallest absolute Gasteiger partial charge is 0.257 e. The molecule has 0 unspecified atom stereocenters. The fourth-order valence-electron chi connectivity index (χ4n) is 2.50. The van der Waals surface area contributed by atoms with Crippen molar-refractivity contribution in [2.75, 3.05) is 25.5 Å². The molecule has 1 aromatic rings. The highest BCUT2D eigenvalue weighted by Crippen LogP contribution is 2.28. The van der Waals surface area contributed by atoms with E-state index >= 15 is 0 Å². The Morgan fingerprint density at radius 2 is 2.30 bits per heavy atom. The van der Waals surface area contributed by atoms with Crippen molar-refractivity contribution in [3.05, 3.63) is 24.0 Å². The minimum atomic E-state index is -0.177. The first-order valence-corrected chi connectivity index (χ1v) is 7.23. The van der Waals surface area contributed by atoms with Gasteiger partial charge in [-0.2, -0.15) is 0 Å². The van der Waals surface area contributed by atoms with Crippen LogP contribution in [0.5, 0.6) is 0 Å². The van der Waals surface area contributed by atoms with Gasteiger partial charge in [-0.05, 0) is 31.2 Å². The molecule has 1 aliphatic carbocycles. The van der Waals surface area contributed by atoms with Crippen LogP contribution in [0.3, 0.4) is 0 Å². The highest BCUT2D eigenvalue weighted by atomic mass is 16.3. The maximum absolute atomic E-state index is 12.5. The number of aliphatic hydroxyl groups excluding tert-OH is 1. The monoisotopic (exact) mass is 277 g/mol. The van der Waals surface area contributed by atoms with E-state index in [1.165, 1.54) is 0 Å². The number of amides is 1. The summed E-state index contributed by atoms with van der Waals surface area (Å²) >= 11 is 0. The summed E-state index contributed by atoms with van der Waals surface area (Å²) in [6.45, 7) is 3.62. The lowest BCUT2D eigenvalue weighted by Crippen LogP contribution is -2.39. The van der Waals surface area contributed by atoms with Crippen LogP contribution in [0.1, 0.15) is 36.5 Å². The normalized spacial score (nSPS) is 21.1. The van der Waals surface area contributed by atoms with Crippen LogP contribution < -0.4 is 5.32 Å². The minimum Gasteiger partial charge on any atom is -0.393 e. The van der Waals surface area contributed by atoms with Gasteiger partial charge in [-0.3, -0.25) is 9.78 Å². The predicted octanol–water partition coefficient (Wildman–Crippen LogP) is 1.75. The third-order valence-electron chi connectivity index (χ3n) is 3.71. The Balaban J connectivity index is 2.00. The van der Waals surface area contributed by atoms with E-state index in [0.717, 1.165) is 31.5 Å². The first-order valence-electron chi connectivity index (χ1n) is 7.23. The van der Waals surface area contributed by atoms with Gasteiger partial charge < -0.3 is 15.3 Å². The van der Waals surface area contributed by atoms with E-state index in [4.69, 9.17) is 0 Å². The average Bonchev–Trinajstić information content (AvgIpc) is 2.43. The number of hydrogen-bond donors (Lipinski definition) is 2. The van der Waals surface area contributed by atoms with Crippen LogP contribution in [-0.4, -0.2) is 47.1 Å². The van der Waals surface area contributed by atoms with Crippen LogP contribution in [0.15, 0.2) is 18.5 Å². The summed E-state index contributed by atoms with van der Waals surface area (Å²) in [5, 5.41) is 12.6. The highest BCUT2D eigenvalue weighted by Gasteiger charge is 2.29. The number of nitrogens with zero attached hydrogens (tertiary/aromatic N) is 2. The second-order valence-electron chi connectivity index (χ2n) is 5.52. The summed E-state index contributed by atoms with van der Waals surface area (Å²) in [6.07, 6.45) is 5.73. The maximum atomic E-state index is 12.5. The zero-order valence-corrected chi connectivity index (χ0v) is 12.2. The van der Waals surface area contributed by atoms with E-state index in [9.17, 15) is 9.90 Å². The lowest BCUT2D eigenvalue weighted by molar-refractivity contribution is 0.0265. The van der Waals surface area contributed by atoms with Crippen molar-refractivity contribution in [3.63, 3.8) is 0 Å². The number of aromatic nitrogens is 1. The van der Waals surface area contributed by atoms with Crippen molar-refractivity contribution in [1.82, 2.24) is 9.88 Å². The van der Waals surface area contributed by atoms with Gasteiger partial charge in [0.05, 0.1) is 17.4 Å². The highest BCUT2D eigenvalue weighted by molar-refractivity contribution is 5.99. The number of hydrogen-bond acceptors (Lipinski definition) is 4. The summed E-state index contributed by atoms with van der Waals surface area (Å²) in [7, 11) is 1.81. The van der Waals surface area contributed by atoms with Gasteiger partial charge in [0.25, 0.3) is 5.91 Å². The number of carbonyl (C=O) groups excluding carboxylic acids is 1. The molecule has 0 aliphatic heterocycles. The van der Waals surface area contributed by atoms with E-state index < -0.39 is 0 Å². The molecule has 2 N–H and O–H groups in total. The van der Waals surface area contributed by atoms with E-state index in [0.29, 0.717) is 18.0 Å². The predicted molar refractivity (Wildman–Crippen MR) is 78.7 cm³/mol. The van der Waals surface area contributed by atoms with Gasteiger partial charge in [-0.15, -0.1) is 0 Å². The summed E-state index contributed by atoms with van der Waals surface area (Å²) in [6, 6.07) is 1.84. The standard InChI is InChI=1S/C15H23N3O2/c1-3-5-17-14-4-6-16-9-13(14)15(20)18(2)10-11-7-12(19)8-11/h4,6,9,11-12,19H,3,5,7-8,10H2,1-2H3,(H,16,17). The molecule has 5 nitrogen and oxygen atoms in total. The van der Waals surface area contributed by atoms with E-state index in [1.54, 1.807) is 17.3 Å². The van der Waals surface area contributed by atoms with Crippen LogP contribution in [0.2, 0.25) is 0 Å². The quantitative estimate of drug-likeness (QED) is 0.831. The van der Waals surface area contributed by atoms with E-state index in [-0.39, 0.29) is 12.0 Å². The molecule has 0 spiro atoms. The summed E-state index contributed by atoms with van der Waals surface area (Å²) < 4.78 is 0. The Labute approximate surface area is 120 Å². The van der Waals surface area contributed by atoms with Crippen LogP contribution in [-0.2, 0) is 0 Å². The van der Waals surface area contributed by atoms with Gasteiger partial charge in [0, 0.05) is 32.5 Å². The fourth-order valence-corrected chi connectivity index (χ4v) is 2.50. The lowest BCUT2D eigenvalue weighted by Gasteiger charge is -2.34. The van der Waals surface area contributed by atoms with Crippen molar-refractivity contribution < 1.29 is 9.90 Å². The third kappa shape index (κ3) is 3.48. The number of rotatable bonds is 6. The van der Waals surface area contributed by atoms with Gasteiger partial charge in [0.2, 0.25) is 0 Å². The zero-order valence-electron chi connectivity index (χ0n) is 12.2. The average molecular weight is 277 g/mol. The summed E-state index contributed by atoms with van der Waals surface area (Å²) in [4.78, 5) is 18.3. The number of carbonyl (C=O) groups is 1. The van der Waals surface area contributed by atoms with E-state index in [1.807, 2.05) is 13.1 Å². The molecule has 110 valence electrons. The molecule has 1 heterocycles. The van der Waals surface area contributed by atoms with Gasteiger partial charge in [-0.25, -0.2) is 0 Å². The number of nitrogens with one attached hydrogen (secondary N) is 1. The van der Waals surface area contributed by atoms with Crippen molar-refractivity contribution in [3.8, 4) is 0 Å². The first-order chi connectivity index (χ1) is 9.61. The second-order valence-corrected chi connectivity index (χ2v) is 5.52. The van der Waals surface area contributed by atoms with Gasteiger partial charge in [-0.1, -0.05) is 6.92 Å². The van der Waals surface area contributed by atoms with E-state index in [2.05, 4.69) is 17.2 Å². The molecule has 1 saturated carbocycles. The topological polar surface area (TPSA) is 65.5 Å². The SMILES string of the molecule is CCCNc1ccncc1C(=O)N(C)CC1CC(O)C1. The Hall–Kier alpha value is -1.62. The molecule has 0 saturated heterocycles. The van der Waals surface area contributed by atoms with Crippen LogP contribution in [0.25, 0.3) is 0 Å². The van der Waals surface area contributed by atoms with Crippen LogP contribution >= 0.6 is 0 Å². The molecule has 1 fully saturated rings. The molecule has 0 radical (unpaired) electrons. The first kappa shape index (κ1) is 14.8. The minimum absolute atomic E-state index is 0.0157. The fraction of sp³-hybridized carbons (Fsp3) is 0.600. The molecular weight excluding hydrogens is 254 g/mol. The number of anilines is 1. The largest absolute Gasteiger partial charge is 0.393 e. The van der Waals surface area contributed by atoms with Crippen molar-refractivity contribution in [2.24, 2.45) is 5.92 Å². The Bertz CT molecular complexity index is 458. The summed E-state index contributed by atoms with van der Waals surface area (Å²) in [5.41, 5.74) is 1.45. The maximum Gasteiger partial charge on any atom is 0.257 e. The third-order valence-corrected chi connectivity index (χ3v) is 3.71. The van der Waals surface area contributed by atoms with Crippen molar-refractivity contribution in [2.45, 2.75) is 32.3 Å². The van der Waals surface area contributed by atoms with Crippen LogP contribution in [0, 0.1) is 5.92 Å². The molecular formula is C15H23N3O2. The Kier molecular flexibility index (Phi) is 4.95. The molecule has 1 aliphatic rings. The van der Waals surface area contributed by atoms with Crippen LogP contribution in [0.4, 0.5) is 5.69 Å². The molecule has 0 atom stereocenters. The number of pyridine rings is 1.